The number of carbonyl (C=O) groups is 1. The Bertz CT molecular complexity index is 993. The van der Waals surface area contributed by atoms with Crippen LogP contribution in [0.2, 0.25) is 0 Å². The molecule has 0 unspecified atom stereocenters. The molecule has 0 aliphatic carbocycles. The first-order valence-electron chi connectivity index (χ1n) is 8.39. The summed E-state index contributed by atoms with van der Waals surface area (Å²) in [5.41, 5.74) is 1.41. The minimum absolute atomic E-state index is 0.0679. The van der Waals surface area contributed by atoms with Gasteiger partial charge in [-0.2, -0.15) is 8.78 Å². The minimum Gasteiger partial charge on any atom is -0.493 e. The molecule has 3 aromatic rings. The maximum absolute atomic E-state index is 12.3. The second-order valence-corrected chi connectivity index (χ2v) is 6.53. The van der Waals surface area contributed by atoms with Gasteiger partial charge in [0.1, 0.15) is 17.4 Å². The van der Waals surface area contributed by atoms with Crippen LogP contribution in [0.3, 0.4) is 0 Å². The lowest BCUT2D eigenvalue weighted by Crippen LogP contribution is -2.07. The van der Waals surface area contributed by atoms with E-state index in [2.05, 4.69) is 9.72 Å². The van der Waals surface area contributed by atoms with Gasteiger partial charge in [0.2, 0.25) is 0 Å². The standard InChI is InChI=1S/C20H17F2NO5S/c1-25-16-8-4-7-15(17(16)26-2)18-23-13(11-29-18)10-27-19(24)12-5-3-6-14(9-12)28-20(21)22/h3-9,11,20H,10H2,1-2H3. The van der Waals surface area contributed by atoms with Crippen LogP contribution in [0.1, 0.15) is 16.1 Å². The maximum atomic E-state index is 12.3. The van der Waals surface area contributed by atoms with Crippen molar-refractivity contribution in [1.29, 1.82) is 0 Å². The third-order valence-corrected chi connectivity index (χ3v) is 4.76. The highest BCUT2D eigenvalue weighted by molar-refractivity contribution is 7.13. The molecule has 152 valence electrons. The highest BCUT2D eigenvalue weighted by atomic mass is 32.1. The highest BCUT2D eigenvalue weighted by Crippen LogP contribution is 2.39. The Morgan fingerprint density at radius 2 is 1.93 bits per heavy atom. The Morgan fingerprint density at radius 1 is 1.14 bits per heavy atom. The van der Waals surface area contributed by atoms with E-state index in [1.807, 2.05) is 12.1 Å². The number of rotatable bonds is 8. The molecule has 0 aliphatic rings. The van der Waals surface area contributed by atoms with Crippen LogP contribution in [-0.2, 0) is 11.3 Å². The number of esters is 1. The number of thiazole rings is 1. The summed E-state index contributed by atoms with van der Waals surface area (Å²) in [6, 6.07) is 10.9. The lowest BCUT2D eigenvalue weighted by Gasteiger charge is -2.10. The van der Waals surface area contributed by atoms with Gasteiger partial charge >= 0.3 is 12.6 Å². The largest absolute Gasteiger partial charge is 0.493 e. The molecule has 0 fully saturated rings. The fourth-order valence-electron chi connectivity index (χ4n) is 2.57. The summed E-state index contributed by atoms with van der Waals surface area (Å²) in [5, 5.41) is 2.44. The second-order valence-electron chi connectivity index (χ2n) is 5.67. The van der Waals surface area contributed by atoms with E-state index in [1.54, 1.807) is 25.7 Å². The smallest absolute Gasteiger partial charge is 0.387 e. The van der Waals surface area contributed by atoms with Crippen molar-refractivity contribution in [3.8, 4) is 27.8 Å². The summed E-state index contributed by atoms with van der Waals surface area (Å²) in [5.74, 6) is 0.358. The molecule has 0 amide bonds. The molecule has 0 radical (unpaired) electrons. The molecule has 2 aromatic carbocycles. The summed E-state index contributed by atoms with van der Waals surface area (Å²) < 4.78 is 44.8. The van der Waals surface area contributed by atoms with Gasteiger partial charge in [0.05, 0.1) is 31.0 Å². The van der Waals surface area contributed by atoms with Crippen LogP contribution in [0.4, 0.5) is 8.78 Å². The molecule has 0 aliphatic heterocycles. The van der Waals surface area contributed by atoms with E-state index in [9.17, 15) is 13.6 Å². The minimum atomic E-state index is -2.97. The number of methoxy groups -OCH3 is 2. The molecule has 3 rings (SSSR count). The molecule has 0 saturated carbocycles. The topological polar surface area (TPSA) is 66.9 Å². The van der Waals surface area contributed by atoms with Gasteiger partial charge in [-0.1, -0.05) is 12.1 Å². The van der Waals surface area contributed by atoms with Crippen molar-refractivity contribution < 1.29 is 32.5 Å². The third kappa shape index (κ3) is 5.00. The van der Waals surface area contributed by atoms with E-state index >= 15 is 0 Å². The molecule has 0 atom stereocenters. The number of benzene rings is 2. The van der Waals surface area contributed by atoms with E-state index in [4.69, 9.17) is 14.2 Å². The van der Waals surface area contributed by atoms with Crippen molar-refractivity contribution in [2.75, 3.05) is 14.2 Å². The molecule has 9 heteroatoms. The first kappa shape index (κ1) is 20.5. The fraction of sp³-hybridized carbons (Fsp3) is 0.200. The number of hydrogen-bond acceptors (Lipinski definition) is 7. The Hall–Kier alpha value is -3.20. The number of alkyl halides is 2. The number of para-hydroxylation sites is 1. The molecule has 1 heterocycles. The third-order valence-electron chi connectivity index (χ3n) is 3.83. The average molecular weight is 421 g/mol. The van der Waals surface area contributed by atoms with Crippen LogP contribution in [0.25, 0.3) is 10.6 Å². The maximum Gasteiger partial charge on any atom is 0.387 e. The van der Waals surface area contributed by atoms with E-state index in [0.29, 0.717) is 22.2 Å². The first-order valence-corrected chi connectivity index (χ1v) is 9.27. The van der Waals surface area contributed by atoms with E-state index in [-0.39, 0.29) is 17.9 Å². The molecule has 0 saturated heterocycles. The van der Waals surface area contributed by atoms with Gasteiger partial charge in [-0.15, -0.1) is 11.3 Å². The predicted molar refractivity (Wildman–Crippen MR) is 103 cm³/mol. The van der Waals surface area contributed by atoms with Crippen LogP contribution in [0, 0.1) is 0 Å². The van der Waals surface area contributed by atoms with E-state index < -0.39 is 12.6 Å². The summed E-state index contributed by atoms with van der Waals surface area (Å²) in [6.45, 7) is -3.04. The van der Waals surface area contributed by atoms with E-state index in [1.165, 1.54) is 35.6 Å². The Balaban J connectivity index is 1.69. The van der Waals surface area contributed by atoms with Crippen molar-refractivity contribution in [2.45, 2.75) is 13.2 Å². The Kier molecular flexibility index (Phi) is 6.61. The Labute approximate surface area is 169 Å². The van der Waals surface area contributed by atoms with Gasteiger partial charge in [-0.3, -0.25) is 0 Å². The molecule has 0 N–H and O–H groups in total. The van der Waals surface area contributed by atoms with Gasteiger partial charge < -0.3 is 18.9 Å². The second kappa shape index (κ2) is 9.33. The van der Waals surface area contributed by atoms with Crippen LogP contribution in [0.5, 0.6) is 17.2 Å². The van der Waals surface area contributed by atoms with Crippen molar-refractivity contribution >= 4 is 17.3 Å². The van der Waals surface area contributed by atoms with Crippen molar-refractivity contribution in [1.82, 2.24) is 4.98 Å². The van der Waals surface area contributed by atoms with Crippen molar-refractivity contribution in [3.05, 3.63) is 59.1 Å². The number of aromatic nitrogens is 1. The molecule has 6 nitrogen and oxygen atoms in total. The van der Waals surface area contributed by atoms with Crippen molar-refractivity contribution in [3.63, 3.8) is 0 Å². The number of nitrogens with zero attached hydrogens (tertiary/aromatic N) is 1. The fourth-order valence-corrected chi connectivity index (χ4v) is 3.40. The van der Waals surface area contributed by atoms with Crippen LogP contribution in [0.15, 0.2) is 47.8 Å². The molecular formula is C20H17F2NO5S. The van der Waals surface area contributed by atoms with Gasteiger partial charge in [-0.05, 0) is 30.3 Å². The van der Waals surface area contributed by atoms with Gasteiger partial charge in [0, 0.05) is 5.38 Å². The van der Waals surface area contributed by atoms with Crippen molar-refractivity contribution in [2.24, 2.45) is 0 Å². The summed E-state index contributed by atoms with van der Waals surface area (Å²) in [7, 11) is 3.10. The first-order chi connectivity index (χ1) is 14.0. The van der Waals surface area contributed by atoms with Gasteiger partial charge in [0.25, 0.3) is 0 Å². The zero-order valence-electron chi connectivity index (χ0n) is 15.6. The SMILES string of the molecule is COc1cccc(-c2nc(COC(=O)c3cccc(OC(F)F)c3)cs2)c1OC. The number of carbonyl (C=O) groups excluding carboxylic acids is 1. The quantitative estimate of drug-likeness (QED) is 0.488. The van der Waals surface area contributed by atoms with Gasteiger partial charge in [-0.25, -0.2) is 9.78 Å². The normalized spacial score (nSPS) is 10.7. The van der Waals surface area contributed by atoms with Gasteiger partial charge in [0.15, 0.2) is 11.5 Å². The monoisotopic (exact) mass is 421 g/mol. The molecule has 1 aromatic heterocycles. The van der Waals surface area contributed by atoms with Crippen LogP contribution in [-0.4, -0.2) is 31.8 Å². The molecule has 0 bridgehead atoms. The number of halogens is 2. The molecule has 29 heavy (non-hydrogen) atoms. The zero-order chi connectivity index (χ0) is 20.8. The Morgan fingerprint density at radius 3 is 2.66 bits per heavy atom. The van der Waals surface area contributed by atoms with Crippen LogP contribution < -0.4 is 14.2 Å². The van der Waals surface area contributed by atoms with E-state index in [0.717, 1.165) is 5.56 Å². The number of ether oxygens (including phenoxy) is 4. The molecular weight excluding hydrogens is 404 g/mol. The average Bonchev–Trinajstić information content (AvgIpc) is 3.19. The van der Waals surface area contributed by atoms with Crippen LogP contribution >= 0.6 is 11.3 Å². The lowest BCUT2D eigenvalue weighted by molar-refractivity contribution is -0.0499. The number of hydrogen-bond donors (Lipinski definition) is 0. The zero-order valence-corrected chi connectivity index (χ0v) is 16.4. The lowest BCUT2D eigenvalue weighted by atomic mass is 10.2. The predicted octanol–water partition coefficient (Wildman–Crippen LogP) is 4.79. The summed E-state index contributed by atoms with van der Waals surface area (Å²) in [6.07, 6.45) is 0. The highest BCUT2D eigenvalue weighted by Gasteiger charge is 2.16. The summed E-state index contributed by atoms with van der Waals surface area (Å²) >= 11 is 1.37. The molecule has 0 spiro atoms. The summed E-state index contributed by atoms with van der Waals surface area (Å²) in [4.78, 5) is 16.7.